The van der Waals surface area contributed by atoms with E-state index in [0.717, 1.165) is 16.1 Å². The molecule has 0 N–H and O–H groups in total. The highest BCUT2D eigenvalue weighted by Gasteiger charge is 2.53. The van der Waals surface area contributed by atoms with Crippen molar-refractivity contribution < 1.29 is 19.3 Å². The molecule has 1 fully saturated rings. The zero-order valence-corrected chi connectivity index (χ0v) is 19.0. The Morgan fingerprint density at radius 1 is 1.18 bits per heavy atom. The molecule has 170 valence electrons. The van der Waals surface area contributed by atoms with Crippen LogP contribution in [-0.2, 0) is 16.1 Å². The van der Waals surface area contributed by atoms with Gasteiger partial charge in [0.1, 0.15) is 0 Å². The number of hydrogen-bond donors (Lipinski definition) is 0. The Hall–Kier alpha value is -3.23. The van der Waals surface area contributed by atoms with Crippen LogP contribution in [0, 0.1) is 27.9 Å². The van der Waals surface area contributed by atoms with Gasteiger partial charge in [-0.3, -0.25) is 24.5 Å². The van der Waals surface area contributed by atoms with E-state index in [0.29, 0.717) is 6.42 Å². The van der Waals surface area contributed by atoms with E-state index in [1.165, 1.54) is 24.3 Å². The minimum atomic E-state index is -0.717. The van der Waals surface area contributed by atoms with E-state index < -0.39 is 41.0 Å². The smallest absolute Gasteiger partial charge is 0.272 e. The second-order valence-electron chi connectivity index (χ2n) is 8.02. The summed E-state index contributed by atoms with van der Waals surface area (Å²) < 4.78 is 0. The van der Waals surface area contributed by atoms with Gasteiger partial charge in [-0.2, -0.15) is 5.01 Å². The Morgan fingerprint density at radius 2 is 1.91 bits per heavy atom. The summed E-state index contributed by atoms with van der Waals surface area (Å²) in [6, 6.07) is 10.2. The van der Waals surface area contributed by atoms with Crippen molar-refractivity contribution in [1.29, 1.82) is 0 Å². The van der Waals surface area contributed by atoms with Crippen molar-refractivity contribution in [3.8, 4) is 0 Å². The highest BCUT2D eigenvalue weighted by Crippen LogP contribution is 2.40. The molecular weight excluding hydrogens is 469 g/mol. The number of amides is 3. The fourth-order valence-electron chi connectivity index (χ4n) is 4.38. The van der Waals surface area contributed by atoms with E-state index in [9.17, 15) is 24.5 Å². The summed E-state index contributed by atoms with van der Waals surface area (Å²) in [5, 5.41) is 13.7. The van der Waals surface area contributed by atoms with E-state index in [1.54, 1.807) is 12.1 Å². The first-order valence-corrected chi connectivity index (χ1v) is 11.0. The molecule has 0 bridgehead atoms. The number of allylic oxidation sites excluding steroid dienone is 2. The summed E-state index contributed by atoms with van der Waals surface area (Å²) in [4.78, 5) is 51.2. The number of halogens is 2. The fourth-order valence-corrected chi connectivity index (χ4v) is 4.76. The van der Waals surface area contributed by atoms with Crippen LogP contribution in [-0.4, -0.2) is 32.7 Å². The maximum absolute atomic E-state index is 13.6. The van der Waals surface area contributed by atoms with Gasteiger partial charge in [-0.05, 0) is 36.6 Å². The summed E-state index contributed by atoms with van der Waals surface area (Å²) in [6.07, 6.45) is 4.11. The minimum absolute atomic E-state index is 0.0671. The Balaban J connectivity index is 1.80. The molecule has 2 aromatic rings. The molecule has 0 aromatic heterocycles. The number of nitro groups is 1. The standard InChI is InChI=1S/C23H19Cl2N3O5/c1-13-5-4-7-17-20(13)23(31)27(22(17)30)26(21(29)16-6-2-3-8-18(16)25)12-14-9-10-15(24)11-19(14)28(32)33/h2-6,8-11,13,17,20H,7,12H2,1H3/t13-,17+,20-/m1/s1. The lowest BCUT2D eigenvalue weighted by Gasteiger charge is -2.31. The quantitative estimate of drug-likeness (QED) is 0.264. The van der Waals surface area contributed by atoms with Gasteiger partial charge >= 0.3 is 0 Å². The Bertz CT molecular complexity index is 1200. The van der Waals surface area contributed by atoms with Crippen molar-refractivity contribution in [2.24, 2.45) is 17.8 Å². The van der Waals surface area contributed by atoms with E-state index in [4.69, 9.17) is 23.2 Å². The first kappa shape index (κ1) is 22.9. The van der Waals surface area contributed by atoms with Gasteiger partial charge in [0.2, 0.25) is 0 Å². The van der Waals surface area contributed by atoms with Gasteiger partial charge in [0.15, 0.2) is 0 Å². The van der Waals surface area contributed by atoms with Gasteiger partial charge < -0.3 is 0 Å². The lowest BCUT2D eigenvalue weighted by Crippen LogP contribution is -2.50. The summed E-state index contributed by atoms with van der Waals surface area (Å²) in [5.41, 5.74) is -0.144. The average Bonchev–Trinajstić information content (AvgIpc) is 3.04. The lowest BCUT2D eigenvalue weighted by molar-refractivity contribution is -0.385. The third-order valence-electron chi connectivity index (χ3n) is 5.99. The molecule has 3 atom stereocenters. The summed E-state index contributed by atoms with van der Waals surface area (Å²) in [5.74, 6) is -3.14. The molecule has 0 radical (unpaired) electrons. The maximum atomic E-state index is 13.6. The molecule has 2 aromatic carbocycles. The lowest BCUT2D eigenvalue weighted by atomic mass is 9.78. The number of imide groups is 1. The predicted molar refractivity (Wildman–Crippen MR) is 121 cm³/mol. The largest absolute Gasteiger partial charge is 0.275 e. The third kappa shape index (κ3) is 4.12. The van der Waals surface area contributed by atoms with Crippen LogP contribution in [0.25, 0.3) is 0 Å². The number of benzene rings is 2. The predicted octanol–water partition coefficient (Wildman–Crippen LogP) is 4.66. The second kappa shape index (κ2) is 8.96. The van der Waals surface area contributed by atoms with Crippen molar-refractivity contribution in [3.63, 3.8) is 0 Å². The van der Waals surface area contributed by atoms with Gasteiger partial charge in [0.25, 0.3) is 23.4 Å². The molecule has 1 saturated heterocycles. The van der Waals surface area contributed by atoms with E-state index in [1.807, 2.05) is 19.1 Å². The normalized spacial score (nSPS) is 21.8. The first-order chi connectivity index (χ1) is 15.7. The van der Waals surface area contributed by atoms with Gasteiger partial charge in [-0.25, -0.2) is 5.01 Å². The second-order valence-corrected chi connectivity index (χ2v) is 8.86. The summed E-state index contributed by atoms with van der Waals surface area (Å²) in [7, 11) is 0. The van der Waals surface area contributed by atoms with Crippen LogP contribution in [0.5, 0.6) is 0 Å². The fraction of sp³-hybridized carbons (Fsp3) is 0.261. The minimum Gasteiger partial charge on any atom is -0.272 e. The number of rotatable bonds is 5. The van der Waals surface area contributed by atoms with Crippen LogP contribution in [0.3, 0.4) is 0 Å². The molecule has 33 heavy (non-hydrogen) atoms. The Morgan fingerprint density at radius 3 is 2.58 bits per heavy atom. The molecule has 1 heterocycles. The number of nitrogens with zero attached hydrogens (tertiary/aromatic N) is 3. The van der Waals surface area contributed by atoms with Crippen LogP contribution in [0.1, 0.15) is 29.3 Å². The van der Waals surface area contributed by atoms with Gasteiger partial charge in [0.05, 0.1) is 39.5 Å². The molecule has 1 aliphatic carbocycles. The van der Waals surface area contributed by atoms with E-state index in [-0.39, 0.29) is 32.8 Å². The van der Waals surface area contributed by atoms with Crippen molar-refractivity contribution in [3.05, 3.63) is 85.9 Å². The first-order valence-electron chi connectivity index (χ1n) is 10.2. The molecule has 1 aliphatic heterocycles. The number of carbonyl (C=O) groups excluding carboxylic acids is 3. The summed E-state index contributed by atoms with van der Waals surface area (Å²) >= 11 is 12.1. The van der Waals surface area contributed by atoms with Crippen molar-refractivity contribution >= 4 is 46.6 Å². The Kier molecular flexibility index (Phi) is 6.23. The highest BCUT2D eigenvalue weighted by atomic mass is 35.5. The summed E-state index contributed by atoms with van der Waals surface area (Å²) in [6.45, 7) is 1.45. The van der Waals surface area contributed by atoms with Crippen LogP contribution in [0.4, 0.5) is 5.69 Å². The average molecular weight is 488 g/mol. The van der Waals surface area contributed by atoms with Crippen LogP contribution < -0.4 is 0 Å². The zero-order valence-electron chi connectivity index (χ0n) is 17.5. The van der Waals surface area contributed by atoms with Crippen LogP contribution >= 0.6 is 23.2 Å². The van der Waals surface area contributed by atoms with Gasteiger partial charge in [0, 0.05) is 11.1 Å². The van der Waals surface area contributed by atoms with E-state index >= 15 is 0 Å². The molecule has 0 saturated carbocycles. The zero-order chi connectivity index (χ0) is 23.9. The number of fused-ring (bicyclic) bond motifs is 1. The van der Waals surface area contributed by atoms with Crippen molar-refractivity contribution in [2.45, 2.75) is 19.9 Å². The number of hydrazine groups is 1. The molecule has 10 heteroatoms. The monoisotopic (exact) mass is 487 g/mol. The Labute approximate surface area is 199 Å². The molecule has 4 rings (SSSR count). The molecule has 3 amide bonds. The van der Waals surface area contributed by atoms with Crippen LogP contribution in [0.15, 0.2) is 54.6 Å². The van der Waals surface area contributed by atoms with Crippen LogP contribution in [0.2, 0.25) is 10.0 Å². The molecular formula is C23H19Cl2N3O5. The SMILES string of the molecule is C[C@@H]1C=CC[C@@H]2C(=O)N(N(Cc3ccc(Cl)cc3[N+](=O)[O-])C(=O)c3ccccc3Cl)C(=O)[C@H]12. The molecule has 0 unspecified atom stereocenters. The van der Waals surface area contributed by atoms with Crippen molar-refractivity contribution in [1.82, 2.24) is 10.0 Å². The topological polar surface area (TPSA) is 101 Å². The molecule has 8 nitrogen and oxygen atoms in total. The highest BCUT2D eigenvalue weighted by molar-refractivity contribution is 6.34. The van der Waals surface area contributed by atoms with Gasteiger partial charge in [-0.1, -0.05) is 54.4 Å². The maximum Gasteiger partial charge on any atom is 0.275 e. The third-order valence-corrected chi connectivity index (χ3v) is 6.56. The molecule has 2 aliphatic rings. The molecule has 0 spiro atoms. The van der Waals surface area contributed by atoms with Gasteiger partial charge in [-0.15, -0.1) is 0 Å². The van der Waals surface area contributed by atoms with Crippen molar-refractivity contribution in [2.75, 3.05) is 0 Å². The number of carbonyl (C=O) groups is 3. The van der Waals surface area contributed by atoms with E-state index in [2.05, 4.69) is 0 Å². The number of hydrogen-bond acceptors (Lipinski definition) is 5. The number of nitro benzene ring substituents is 1.